The molecule has 14 heavy (non-hydrogen) atoms. The first-order valence-corrected chi connectivity index (χ1v) is 4.84. The molecule has 0 aliphatic carbocycles. The molecular formula is C9H18N2O3. The fourth-order valence-electron chi connectivity index (χ4n) is 1.55. The number of carbonyl (C=O) groups excluding carboxylic acids is 1. The SMILES string of the molecule is CC(OC1(CN)CCOCC1)C(N)=O. The molecule has 0 aromatic carbocycles. The van der Waals surface area contributed by atoms with Gasteiger partial charge in [0, 0.05) is 32.6 Å². The van der Waals surface area contributed by atoms with E-state index in [4.69, 9.17) is 20.9 Å². The molecule has 1 unspecified atom stereocenters. The molecule has 1 saturated heterocycles. The molecule has 82 valence electrons. The standard InChI is InChI=1S/C9H18N2O3/c1-7(8(11)12)14-9(6-10)2-4-13-5-3-9/h7H,2-6,10H2,1H3,(H2,11,12). The summed E-state index contributed by atoms with van der Waals surface area (Å²) in [6.45, 7) is 3.30. The van der Waals surface area contributed by atoms with E-state index in [-0.39, 0.29) is 0 Å². The quantitative estimate of drug-likeness (QED) is 0.636. The first kappa shape index (κ1) is 11.4. The second kappa shape index (κ2) is 4.72. The van der Waals surface area contributed by atoms with Crippen molar-refractivity contribution < 1.29 is 14.3 Å². The first-order chi connectivity index (χ1) is 6.59. The Hall–Kier alpha value is -0.650. The number of amides is 1. The minimum absolute atomic E-state index is 0.397. The van der Waals surface area contributed by atoms with E-state index in [1.165, 1.54) is 0 Å². The van der Waals surface area contributed by atoms with Crippen molar-refractivity contribution in [3.63, 3.8) is 0 Å². The van der Waals surface area contributed by atoms with Crippen LogP contribution in [0.1, 0.15) is 19.8 Å². The minimum Gasteiger partial charge on any atom is -0.381 e. The van der Waals surface area contributed by atoms with Crippen molar-refractivity contribution in [2.45, 2.75) is 31.5 Å². The molecule has 0 aromatic rings. The van der Waals surface area contributed by atoms with E-state index in [1.807, 2.05) is 0 Å². The maximum absolute atomic E-state index is 10.9. The smallest absolute Gasteiger partial charge is 0.246 e. The van der Waals surface area contributed by atoms with Gasteiger partial charge in [-0.25, -0.2) is 0 Å². The third-order valence-corrected chi connectivity index (χ3v) is 2.60. The highest BCUT2D eigenvalue weighted by molar-refractivity contribution is 5.78. The Balaban J connectivity index is 2.55. The summed E-state index contributed by atoms with van der Waals surface area (Å²) in [5.41, 5.74) is 10.4. The maximum Gasteiger partial charge on any atom is 0.246 e. The largest absolute Gasteiger partial charge is 0.381 e. The summed E-state index contributed by atoms with van der Waals surface area (Å²) in [5, 5.41) is 0. The van der Waals surface area contributed by atoms with Crippen LogP contribution in [0.4, 0.5) is 0 Å². The second-order valence-corrected chi connectivity index (χ2v) is 3.66. The monoisotopic (exact) mass is 202 g/mol. The van der Waals surface area contributed by atoms with Gasteiger partial charge in [0.25, 0.3) is 0 Å². The fourth-order valence-corrected chi connectivity index (χ4v) is 1.55. The van der Waals surface area contributed by atoms with Crippen molar-refractivity contribution in [3.05, 3.63) is 0 Å². The molecule has 1 aliphatic heterocycles. The molecular weight excluding hydrogens is 184 g/mol. The van der Waals surface area contributed by atoms with Gasteiger partial charge in [-0.2, -0.15) is 0 Å². The van der Waals surface area contributed by atoms with Crippen molar-refractivity contribution in [1.82, 2.24) is 0 Å². The van der Waals surface area contributed by atoms with Gasteiger partial charge >= 0.3 is 0 Å². The number of hydrogen-bond acceptors (Lipinski definition) is 4. The van der Waals surface area contributed by atoms with Crippen LogP contribution in [0.5, 0.6) is 0 Å². The van der Waals surface area contributed by atoms with E-state index in [2.05, 4.69) is 0 Å². The van der Waals surface area contributed by atoms with Gasteiger partial charge < -0.3 is 20.9 Å². The predicted molar refractivity (Wildman–Crippen MR) is 51.6 cm³/mol. The molecule has 5 heteroatoms. The molecule has 0 aromatic heterocycles. The van der Waals surface area contributed by atoms with Gasteiger partial charge in [-0.1, -0.05) is 0 Å². The average molecular weight is 202 g/mol. The molecule has 0 saturated carbocycles. The molecule has 1 amide bonds. The lowest BCUT2D eigenvalue weighted by Crippen LogP contribution is -2.49. The number of rotatable bonds is 4. The summed E-state index contributed by atoms with van der Waals surface area (Å²) in [6, 6.07) is 0. The van der Waals surface area contributed by atoms with E-state index in [0.29, 0.717) is 19.8 Å². The molecule has 5 nitrogen and oxygen atoms in total. The third kappa shape index (κ3) is 2.67. The molecule has 1 rings (SSSR count). The average Bonchev–Trinajstić information content (AvgIpc) is 2.19. The van der Waals surface area contributed by atoms with Gasteiger partial charge in [0.2, 0.25) is 5.91 Å². The third-order valence-electron chi connectivity index (χ3n) is 2.60. The highest BCUT2D eigenvalue weighted by Gasteiger charge is 2.34. The molecule has 0 bridgehead atoms. The Morgan fingerprint density at radius 2 is 2.14 bits per heavy atom. The van der Waals surface area contributed by atoms with Crippen LogP contribution in [0.25, 0.3) is 0 Å². The zero-order chi connectivity index (χ0) is 10.6. The zero-order valence-corrected chi connectivity index (χ0v) is 8.49. The summed E-state index contributed by atoms with van der Waals surface area (Å²) in [7, 11) is 0. The van der Waals surface area contributed by atoms with E-state index in [0.717, 1.165) is 12.8 Å². The number of carbonyl (C=O) groups is 1. The molecule has 0 spiro atoms. The van der Waals surface area contributed by atoms with E-state index >= 15 is 0 Å². The number of hydrogen-bond donors (Lipinski definition) is 2. The lowest BCUT2D eigenvalue weighted by molar-refractivity contribution is -0.155. The molecule has 4 N–H and O–H groups in total. The normalized spacial score (nSPS) is 23.0. The molecule has 1 aliphatic rings. The summed E-state index contributed by atoms with van der Waals surface area (Å²) in [5.74, 6) is -0.454. The summed E-state index contributed by atoms with van der Waals surface area (Å²) >= 11 is 0. The van der Waals surface area contributed by atoms with E-state index < -0.39 is 17.6 Å². The Kier molecular flexibility index (Phi) is 3.86. The van der Waals surface area contributed by atoms with Crippen LogP contribution in [0.3, 0.4) is 0 Å². The lowest BCUT2D eigenvalue weighted by atomic mass is 9.94. The molecule has 0 radical (unpaired) electrons. The Morgan fingerprint density at radius 1 is 1.57 bits per heavy atom. The summed E-state index contributed by atoms with van der Waals surface area (Å²) < 4.78 is 10.8. The van der Waals surface area contributed by atoms with Crippen LogP contribution in [-0.4, -0.2) is 37.4 Å². The highest BCUT2D eigenvalue weighted by atomic mass is 16.5. The van der Waals surface area contributed by atoms with Crippen LogP contribution >= 0.6 is 0 Å². The van der Waals surface area contributed by atoms with Gasteiger partial charge in [0.15, 0.2) is 0 Å². The van der Waals surface area contributed by atoms with Gasteiger partial charge in [0.1, 0.15) is 6.10 Å². The van der Waals surface area contributed by atoms with Gasteiger partial charge in [-0.3, -0.25) is 4.79 Å². The van der Waals surface area contributed by atoms with Crippen LogP contribution in [0.2, 0.25) is 0 Å². The van der Waals surface area contributed by atoms with Crippen LogP contribution in [0, 0.1) is 0 Å². The van der Waals surface area contributed by atoms with Crippen molar-refractivity contribution in [2.24, 2.45) is 11.5 Å². The Bertz CT molecular complexity index is 202. The maximum atomic E-state index is 10.9. The van der Waals surface area contributed by atoms with E-state index in [1.54, 1.807) is 6.92 Å². The van der Waals surface area contributed by atoms with Crippen LogP contribution in [-0.2, 0) is 14.3 Å². The summed E-state index contributed by atoms with van der Waals surface area (Å²) in [6.07, 6.45) is 0.860. The minimum atomic E-state index is -0.586. The van der Waals surface area contributed by atoms with Gasteiger partial charge in [0.05, 0.1) is 5.60 Å². The fraction of sp³-hybridized carbons (Fsp3) is 0.889. The number of primary amides is 1. The molecule has 1 fully saturated rings. The lowest BCUT2D eigenvalue weighted by Gasteiger charge is -2.37. The topological polar surface area (TPSA) is 87.6 Å². The second-order valence-electron chi connectivity index (χ2n) is 3.66. The van der Waals surface area contributed by atoms with Crippen molar-refractivity contribution >= 4 is 5.91 Å². The molecule has 1 atom stereocenters. The highest BCUT2D eigenvalue weighted by Crippen LogP contribution is 2.25. The zero-order valence-electron chi connectivity index (χ0n) is 8.49. The Morgan fingerprint density at radius 3 is 2.57 bits per heavy atom. The molecule has 1 heterocycles. The van der Waals surface area contributed by atoms with Crippen molar-refractivity contribution in [2.75, 3.05) is 19.8 Å². The number of ether oxygens (including phenoxy) is 2. The number of nitrogens with two attached hydrogens (primary N) is 2. The van der Waals surface area contributed by atoms with Crippen LogP contribution < -0.4 is 11.5 Å². The van der Waals surface area contributed by atoms with Gasteiger partial charge in [-0.05, 0) is 6.92 Å². The van der Waals surface area contributed by atoms with Crippen molar-refractivity contribution in [1.29, 1.82) is 0 Å². The summed E-state index contributed by atoms with van der Waals surface area (Å²) in [4.78, 5) is 10.9. The van der Waals surface area contributed by atoms with Crippen LogP contribution in [0.15, 0.2) is 0 Å². The van der Waals surface area contributed by atoms with Gasteiger partial charge in [-0.15, -0.1) is 0 Å². The van der Waals surface area contributed by atoms with E-state index in [9.17, 15) is 4.79 Å². The van der Waals surface area contributed by atoms with Crippen molar-refractivity contribution in [3.8, 4) is 0 Å². The first-order valence-electron chi connectivity index (χ1n) is 4.84. The predicted octanol–water partition coefficient (Wildman–Crippen LogP) is -0.615. The Labute approximate surface area is 83.7 Å².